The summed E-state index contributed by atoms with van der Waals surface area (Å²) in [6.07, 6.45) is 1.81. The molecule has 0 fully saturated rings. The highest BCUT2D eigenvalue weighted by Crippen LogP contribution is 2.27. The summed E-state index contributed by atoms with van der Waals surface area (Å²) in [5.41, 5.74) is 1.97. The third kappa shape index (κ3) is 2.01. The molecule has 1 aromatic carbocycles. The molecule has 3 aromatic rings. The molecular weight excluding hydrogens is 250 g/mol. The predicted molar refractivity (Wildman–Crippen MR) is 80.6 cm³/mol. The number of hydrogen-bond donors (Lipinski definition) is 1. The highest BCUT2D eigenvalue weighted by Gasteiger charge is 2.14. The molecule has 5 heteroatoms. The van der Waals surface area contributed by atoms with Gasteiger partial charge in [0.05, 0.1) is 5.52 Å². The minimum atomic E-state index is 0.804. The fourth-order valence-electron chi connectivity index (χ4n) is 2.38. The molecule has 0 atom stereocenters. The minimum absolute atomic E-state index is 0.804. The largest absolute Gasteiger partial charge is 0.355 e. The van der Waals surface area contributed by atoms with E-state index in [1.807, 2.05) is 31.3 Å². The monoisotopic (exact) mass is 267 g/mol. The van der Waals surface area contributed by atoms with Gasteiger partial charge in [0.15, 0.2) is 5.82 Å². The first-order valence-electron chi connectivity index (χ1n) is 6.86. The Hall–Kier alpha value is -2.43. The van der Waals surface area contributed by atoms with E-state index in [4.69, 9.17) is 0 Å². The molecule has 5 nitrogen and oxygen atoms in total. The van der Waals surface area contributed by atoms with E-state index in [1.165, 1.54) is 0 Å². The van der Waals surface area contributed by atoms with Gasteiger partial charge in [0, 0.05) is 30.2 Å². The van der Waals surface area contributed by atoms with Gasteiger partial charge in [-0.2, -0.15) is 0 Å². The fraction of sp³-hybridized carbons (Fsp3) is 0.267. The van der Waals surface area contributed by atoms with E-state index in [2.05, 4.69) is 44.1 Å². The summed E-state index contributed by atoms with van der Waals surface area (Å²) in [6.45, 7) is 5.78. The summed E-state index contributed by atoms with van der Waals surface area (Å²) in [7, 11) is 0. The molecule has 1 N–H and O–H groups in total. The first kappa shape index (κ1) is 12.6. The molecule has 0 radical (unpaired) electrons. The van der Waals surface area contributed by atoms with Gasteiger partial charge >= 0.3 is 0 Å². The van der Waals surface area contributed by atoms with Crippen molar-refractivity contribution in [3.63, 3.8) is 0 Å². The zero-order chi connectivity index (χ0) is 13.9. The summed E-state index contributed by atoms with van der Waals surface area (Å²) in [5, 5.41) is 12.9. The minimum Gasteiger partial charge on any atom is -0.355 e. The van der Waals surface area contributed by atoms with Crippen LogP contribution in [0.5, 0.6) is 0 Å². The van der Waals surface area contributed by atoms with E-state index in [0.717, 1.165) is 41.3 Å². The van der Waals surface area contributed by atoms with E-state index >= 15 is 0 Å². The third-order valence-electron chi connectivity index (χ3n) is 3.28. The molecule has 0 aliphatic heterocycles. The Labute approximate surface area is 117 Å². The summed E-state index contributed by atoms with van der Waals surface area (Å²) in [4.78, 5) is 4.49. The fourth-order valence-corrected chi connectivity index (χ4v) is 2.38. The maximum absolute atomic E-state index is 4.49. The van der Waals surface area contributed by atoms with Gasteiger partial charge in [0.25, 0.3) is 0 Å². The topological polar surface area (TPSA) is 55.6 Å². The van der Waals surface area contributed by atoms with Crippen molar-refractivity contribution < 1.29 is 0 Å². The second kappa shape index (κ2) is 5.28. The van der Waals surface area contributed by atoms with E-state index in [-0.39, 0.29) is 0 Å². The number of aromatic nitrogens is 4. The summed E-state index contributed by atoms with van der Waals surface area (Å²) in [5.74, 6) is 1.66. The lowest BCUT2D eigenvalue weighted by Gasteiger charge is -2.09. The van der Waals surface area contributed by atoms with Crippen LogP contribution in [0, 0.1) is 0 Å². The van der Waals surface area contributed by atoms with Gasteiger partial charge in [-0.3, -0.25) is 9.55 Å². The zero-order valence-corrected chi connectivity index (χ0v) is 11.7. The van der Waals surface area contributed by atoms with Crippen LogP contribution in [0.3, 0.4) is 0 Å². The Morgan fingerprint density at radius 2 is 1.95 bits per heavy atom. The number of nitrogens with zero attached hydrogens (tertiary/aromatic N) is 4. The average molecular weight is 267 g/mol. The second-order valence-electron chi connectivity index (χ2n) is 4.50. The van der Waals surface area contributed by atoms with Crippen LogP contribution in [0.25, 0.3) is 22.3 Å². The molecule has 0 saturated carbocycles. The number of rotatable bonds is 4. The standard InChI is InChI=1S/C15H17N5/c1-3-16-15-19-18-14(20(15)4-2)12-9-5-7-11-8-6-10-17-13(11)12/h5-10H,3-4H2,1-2H3,(H,16,19). The number of pyridine rings is 1. The molecule has 0 saturated heterocycles. The van der Waals surface area contributed by atoms with Gasteiger partial charge in [-0.05, 0) is 26.0 Å². The van der Waals surface area contributed by atoms with E-state index < -0.39 is 0 Å². The summed E-state index contributed by atoms with van der Waals surface area (Å²) in [6, 6.07) is 10.1. The lowest BCUT2D eigenvalue weighted by Crippen LogP contribution is -2.07. The highest BCUT2D eigenvalue weighted by molar-refractivity contribution is 5.91. The lowest BCUT2D eigenvalue weighted by molar-refractivity contribution is 0.771. The Bertz CT molecular complexity index is 727. The van der Waals surface area contributed by atoms with Gasteiger partial charge in [-0.25, -0.2) is 0 Å². The molecule has 0 aliphatic carbocycles. The molecule has 0 unspecified atom stereocenters. The Kier molecular flexibility index (Phi) is 3.33. The smallest absolute Gasteiger partial charge is 0.224 e. The van der Waals surface area contributed by atoms with Gasteiger partial charge in [-0.15, -0.1) is 10.2 Å². The van der Waals surface area contributed by atoms with Crippen molar-refractivity contribution in [3.05, 3.63) is 36.5 Å². The van der Waals surface area contributed by atoms with Crippen LogP contribution >= 0.6 is 0 Å². The van der Waals surface area contributed by atoms with Crippen molar-refractivity contribution in [3.8, 4) is 11.4 Å². The number of fused-ring (bicyclic) bond motifs is 1. The van der Waals surface area contributed by atoms with Crippen LogP contribution in [0.1, 0.15) is 13.8 Å². The predicted octanol–water partition coefficient (Wildman–Crippen LogP) is 2.95. The molecule has 0 aliphatic rings. The van der Waals surface area contributed by atoms with Crippen LogP contribution < -0.4 is 5.32 Å². The Morgan fingerprint density at radius 3 is 2.75 bits per heavy atom. The SMILES string of the molecule is CCNc1nnc(-c2cccc3cccnc23)n1CC. The number of hydrogen-bond acceptors (Lipinski definition) is 4. The molecular formula is C15H17N5. The third-order valence-corrected chi connectivity index (χ3v) is 3.28. The van der Waals surface area contributed by atoms with Crippen LogP contribution in [0.4, 0.5) is 5.95 Å². The van der Waals surface area contributed by atoms with Gasteiger partial charge in [0.2, 0.25) is 5.95 Å². The van der Waals surface area contributed by atoms with Crippen LogP contribution in [0.2, 0.25) is 0 Å². The molecule has 0 amide bonds. The number of anilines is 1. The Balaban J connectivity index is 2.21. The van der Waals surface area contributed by atoms with Gasteiger partial charge in [0.1, 0.15) is 0 Å². The van der Waals surface area contributed by atoms with Crippen LogP contribution in [-0.4, -0.2) is 26.3 Å². The average Bonchev–Trinajstić information content (AvgIpc) is 2.89. The van der Waals surface area contributed by atoms with E-state index in [1.54, 1.807) is 0 Å². The van der Waals surface area contributed by atoms with Crippen molar-refractivity contribution in [2.75, 3.05) is 11.9 Å². The Morgan fingerprint density at radius 1 is 1.10 bits per heavy atom. The number of para-hydroxylation sites is 1. The normalized spacial score (nSPS) is 10.9. The summed E-state index contributed by atoms with van der Waals surface area (Å²) < 4.78 is 2.08. The molecule has 2 heterocycles. The maximum Gasteiger partial charge on any atom is 0.224 e. The molecule has 2 aromatic heterocycles. The van der Waals surface area contributed by atoms with Gasteiger partial charge in [-0.1, -0.05) is 18.2 Å². The van der Waals surface area contributed by atoms with Crippen LogP contribution in [-0.2, 0) is 6.54 Å². The molecule has 102 valence electrons. The van der Waals surface area contributed by atoms with Crippen molar-refractivity contribution in [1.82, 2.24) is 19.7 Å². The van der Waals surface area contributed by atoms with Crippen molar-refractivity contribution in [1.29, 1.82) is 0 Å². The van der Waals surface area contributed by atoms with Crippen molar-refractivity contribution in [2.45, 2.75) is 20.4 Å². The summed E-state index contributed by atoms with van der Waals surface area (Å²) >= 11 is 0. The van der Waals surface area contributed by atoms with Crippen LogP contribution in [0.15, 0.2) is 36.5 Å². The second-order valence-corrected chi connectivity index (χ2v) is 4.50. The first-order chi connectivity index (χ1) is 9.85. The molecule has 3 rings (SSSR count). The first-order valence-corrected chi connectivity index (χ1v) is 6.86. The number of benzene rings is 1. The zero-order valence-electron chi connectivity index (χ0n) is 11.7. The lowest BCUT2D eigenvalue weighted by atomic mass is 10.1. The highest BCUT2D eigenvalue weighted by atomic mass is 15.3. The quantitative estimate of drug-likeness (QED) is 0.789. The number of nitrogens with one attached hydrogen (secondary N) is 1. The van der Waals surface area contributed by atoms with E-state index in [9.17, 15) is 0 Å². The van der Waals surface area contributed by atoms with E-state index in [0.29, 0.717) is 0 Å². The molecule has 0 spiro atoms. The molecule has 0 bridgehead atoms. The molecule has 20 heavy (non-hydrogen) atoms. The van der Waals surface area contributed by atoms with Crippen molar-refractivity contribution in [2.24, 2.45) is 0 Å². The van der Waals surface area contributed by atoms with Crippen molar-refractivity contribution >= 4 is 16.9 Å². The van der Waals surface area contributed by atoms with Gasteiger partial charge < -0.3 is 5.32 Å². The maximum atomic E-state index is 4.49.